The van der Waals surface area contributed by atoms with E-state index in [9.17, 15) is 18.0 Å². The van der Waals surface area contributed by atoms with E-state index in [0.29, 0.717) is 23.7 Å². The van der Waals surface area contributed by atoms with Gasteiger partial charge in [-0.05, 0) is 61.2 Å². The Hall–Kier alpha value is -4.25. The summed E-state index contributed by atoms with van der Waals surface area (Å²) in [5, 5.41) is 3.12. The number of carbonyl (C=O) groups excluding carboxylic acids is 2. The minimum Gasteiger partial charge on any atom is -0.497 e. The van der Waals surface area contributed by atoms with Crippen LogP contribution in [-0.2, 0) is 26.2 Å². The van der Waals surface area contributed by atoms with Crippen molar-refractivity contribution in [3.8, 4) is 17.2 Å². The Bertz CT molecular complexity index is 1530. The summed E-state index contributed by atoms with van der Waals surface area (Å²) in [5.41, 5.74) is 0.957. The van der Waals surface area contributed by atoms with E-state index in [1.165, 1.54) is 37.3 Å². The van der Waals surface area contributed by atoms with Gasteiger partial charge in [0.05, 0.1) is 31.9 Å². The van der Waals surface area contributed by atoms with Crippen molar-refractivity contribution < 1.29 is 32.2 Å². The number of nitrogens with zero attached hydrogens (tertiary/aromatic N) is 2. The second kappa shape index (κ2) is 15.0. The van der Waals surface area contributed by atoms with Crippen molar-refractivity contribution in [3.63, 3.8) is 0 Å². The number of methoxy groups -OCH3 is 3. The molecular weight excluding hydrogens is 582 g/mol. The first-order chi connectivity index (χ1) is 21.2. The van der Waals surface area contributed by atoms with Crippen molar-refractivity contribution in [2.24, 2.45) is 0 Å². The smallest absolute Gasteiger partial charge is 0.264 e. The highest BCUT2D eigenvalue weighted by molar-refractivity contribution is 7.92. The van der Waals surface area contributed by atoms with Crippen LogP contribution in [-0.4, -0.2) is 65.1 Å². The summed E-state index contributed by atoms with van der Waals surface area (Å²) in [6.45, 7) is 1.37. The molecule has 0 unspecified atom stereocenters. The predicted octanol–water partition coefficient (Wildman–Crippen LogP) is 4.77. The number of nitrogens with one attached hydrogen (secondary N) is 1. The number of amides is 2. The van der Waals surface area contributed by atoms with Crippen LogP contribution in [0.5, 0.6) is 17.2 Å². The van der Waals surface area contributed by atoms with Crippen LogP contribution < -0.4 is 23.8 Å². The van der Waals surface area contributed by atoms with Crippen molar-refractivity contribution in [2.75, 3.05) is 32.2 Å². The molecule has 1 saturated carbocycles. The highest BCUT2D eigenvalue weighted by atomic mass is 32.2. The molecule has 3 aromatic carbocycles. The van der Waals surface area contributed by atoms with Crippen molar-refractivity contribution in [2.45, 2.75) is 62.6 Å². The molecule has 44 heavy (non-hydrogen) atoms. The molecule has 10 nitrogen and oxygen atoms in total. The van der Waals surface area contributed by atoms with Crippen molar-refractivity contribution in [3.05, 3.63) is 78.4 Å². The maximum atomic E-state index is 14.3. The zero-order chi connectivity index (χ0) is 31.7. The van der Waals surface area contributed by atoms with Gasteiger partial charge in [-0.25, -0.2) is 8.42 Å². The van der Waals surface area contributed by atoms with Gasteiger partial charge in [-0.1, -0.05) is 50.1 Å². The molecule has 3 aromatic rings. The second-order valence-corrected chi connectivity index (χ2v) is 12.5. The van der Waals surface area contributed by atoms with Gasteiger partial charge in [0.25, 0.3) is 10.0 Å². The molecule has 0 heterocycles. The fourth-order valence-electron chi connectivity index (χ4n) is 5.48. The lowest BCUT2D eigenvalue weighted by molar-refractivity contribution is -0.140. The highest BCUT2D eigenvalue weighted by Gasteiger charge is 2.35. The minimum atomic E-state index is -4.21. The predicted molar refractivity (Wildman–Crippen MR) is 169 cm³/mol. The summed E-state index contributed by atoms with van der Waals surface area (Å²) in [4.78, 5) is 29.4. The number of benzene rings is 3. The van der Waals surface area contributed by atoms with Crippen LogP contribution in [0.2, 0.25) is 0 Å². The standard InChI is InChI=1S/C33H41N3O7S/c1-5-29(33(38)34-25-13-9-10-14-25)35(22-24-12-11-15-27(20-24)41-2)32(37)23-36(44(39,40)28-16-7-6-8-17-28)26-18-19-30(42-3)31(21-26)43-4/h6-8,11-12,15-21,25,29H,5,9-10,13-14,22-23H2,1-4H3,(H,34,38)/t29-/m1/s1. The number of anilines is 1. The van der Waals surface area contributed by atoms with Gasteiger partial charge in [0, 0.05) is 18.7 Å². The lowest BCUT2D eigenvalue weighted by atomic mass is 10.1. The quantitative estimate of drug-likeness (QED) is 0.275. The first kappa shape index (κ1) is 32.7. The van der Waals surface area contributed by atoms with E-state index in [0.717, 1.165) is 35.6 Å². The average molecular weight is 624 g/mol. The van der Waals surface area contributed by atoms with Crippen molar-refractivity contribution >= 4 is 27.5 Å². The van der Waals surface area contributed by atoms with Gasteiger partial charge in [0.1, 0.15) is 18.3 Å². The third-order valence-corrected chi connectivity index (χ3v) is 9.63. The van der Waals surface area contributed by atoms with Gasteiger partial charge in [-0.15, -0.1) is 0 Å². The summed E-state index contributed by atoms with van der Waals surface area (Å²) < 4.78 is 45.4. The first-order valence-electron chi connectivity index (χ1n) is 14.7. The number of carbonyl (C=O) groups is 2. The van der Waals surface area contributed by atoms with E-state index in [4.69, 9.17) is 14.2 Å². The fraction of sp³-hybridized carbons (Fsp3) is 0.394. The lowest BCUT2D eigenvalue weighted by Gasteiger charge is -2.34. The van der Waals surface area contributed by atoms with Gasteiger partial charge in [-0.2, -0.15) is 0 Å². The molecule has 0 spiro atoms. The first-order valence-corrected chi connectivity index (χ1v) is 16.2. The Balaban J connectivity index is 1.75. The molecule has 0 saturated heterocycles. The maximum absolute atomic E-state index is 14.3. The Labute approximate surface area is 260 Å². The molecule has 236 valence electrons. The molecule has 11 heteroatoms. The molecular formula is C33H41N3O7S. The molecule has 0 aromatic heterocycles. The maximum Gasteiger partial charge on any atom is 0.264 e. The third-order valence-electron chi connectivity index (χ3n) is 7.84. The van der Waals surface area contributed by atoms with E-state index in [2.05, 4.69) is 5.32 Å². The molecule has 2 amide bonds. The highest BCUT2D eigenvalue weighted by Crippen LogP contribution is 2.34. The SMILES string of the molecule is CC[C@H](C(=O)NC1CCCC1)N(Cc1cccc(OC)c1)C(=O)CN(c1ccc(OC)c(OC)c1)S(=O)(=O)c1ccccc1. The number of hydrogen-bond acceptors (Lipinski definition) is 7. The molecule has 1 aliphatic rings. The van der Waals surface area contributed by atoms with Gasteiger partial charge in [0.15, 0.2) is 11.5 Å². The van der Waals surface area contributed by atoms with Crippen LogP contribution in [0.3, 0.4) is 0 Å². The van der Waals surface area contributed by atoms with Gasteiger partial charge in [0.2, 0.25) is 11.8 Å². The van der Waals surface area contributed by atoms with Crippen LogP contribution in [0.4, 0.5) is 5.69 Å². The fourth-order valence-corrected chi connectivity index (χ4v) is 6.91. The topological polar surface area (TPSA) is 114 Å². The summed E-state index contributed by atoms with van der Waals surface area (Å²) in [7, 11) is 0.279. The molecule has 0 aliphatic heterocycles. The van der Waals surface area contributed by atoms with Crippen LogP contribution in [0.15, 0.2) is 77.7 Å². The van der Waals surface area contributed by atoms with Gasteiger partial charge in [-0.3, -0.25) is 13.9 Å². The Morgan fingerprint density at radius 2 is 1.59 bits per heavy atom. The van der Waals surface area contributed by atoms with Crippen LogP contribution in [0.25, 0.3) is 0 Å². The zero-order valence-corrected chi connectivity index (χ0v) is 26.5. The number of ether oxygens (including phenoxy) is 3. The zero-order valence-electron chi connectivity index (χ0n) is 25.7. The Morgan fingerprint density at radius 1 is 0.886 bits per heavy atom. The molecule has 0 bridgehead atoms. The Kier molecular flexibility index (Phi) is 11.1. The van der Waals surface area contributed by atoms with E-state index in [1.54, 1.807) is 49.6 Å². The van der Waals surface area contributed by atoms with Gasteiger partial charge < -0.3 is 24.4 Å². The van der Waals surface area contributed by atoms with Crippen LogP contribution in [0, 0.1) is 0 Å². The molecule has 1 fully saturated rings. The molecule has 1 atom stereocenters. The summed E-state index contributed by atoms with van der Waals surface area (Å²) in [6, 6.07) is 19.1. The van der Waals surface area contributed by atoms with E-state index >= 15 is 0 Å². The van der Waals surface area contributed by atoms with Gasteiger partial charge >= 0.3 is 0 Å². The average Bonchev–Trinajstić information content (AvgIpc) is 3.56. The van der Waals surface area contributed by atoms with Crippen molar-refractivity contribution in [1.82, 2.24) is 10.2 Å². The summed E-state index contributed by atoms with van der Waals surface area (Å²) in [5.74, 6) is 0.543. The molecule has 0 radical (unpaired) electrons. The molecule has 1 N–H and O–H groups in total. The van der Waals surface area contributed by atoms with Crippen LogP contribution >= 0.6 is 0 Å². The van der Waals surface area contributed by atoms with E-state index in [-0.39, 0.29) is 29.1 Å². The van der Waals surface area contributed by atoms with E-state index in [1.807, 2.05) is 19.1 Å². The number of rotatable bonds is 14. The number of sulfonamides is 1. The third kappa shape index (κ3) is 7.63. The largest absolute Gasteiger partial charge is 0.497 e. The molecule has 1 aliphatic carbocycles. The van der Waals surface area contributed by atoms with Crippen molar-refractivity contribution in [1.29, 1.82) is 0 Å². The summed E-state index contributed by atoms with van der Waals surface area (Å²) >= 11 is 0. The van der Waals surface area contributed by atoms with E-state index < -0.39 is 28.5 Å². The summed E-state index contributed by atoms with van der Waals surface area (Å²) in [6.07, 6.45) is 4.23. The normalized spacial score (nSPS) is 14.0. The van der Waals surface area contributed by atoms with Crippen LogP contribution in [0.1, 0.15) is 44.6 Å². The number of hydrogen-bond donors (Lipinski definition) is 1. The minimum absolute atomic E-state index is 0.0212. The monoisotopic (exact) mass is 623 g/mol. The second-order valence-electron chi connectivity index (χ2n) is 10.7. The molecule has 4 rings (SSSR count). The lowest BCUT2D eigenvalue weighted by Crippen LogP contribution is -2.53. The Morgan fingerprint density at radius 3 is 2.23 bits per heavy atom.